The SMILES string of the molecule is Cc1ccc(NC(=O)CNC(=O)N[C@@H]2CCCC[C@@H]2C)cc1S(=O)(=O)N(C)C. The van der Waals surface area contributed by atoms with Crippen molar-refractivity contribution in [3.8, 4) is 0 Å². The third-order valence-corrected chi connectivity index (χ3v) is 7.03. The van der Waals surface area contributed by atoms with Gasteiger partial charge in [0.2, 0.25) is 15.9 Å². The normalized spacial score (nSPS) is 19.9. The van der Waals surface area contributed by atoms with Gasteiger partial charge in [0.15, 0.2) is 0 Å². The van der Waals surface area contributed by atoms with Gasteiger partial charge < -0.3 is 16.0 Å². The van der Waals surface area contributed by atoms with Crippen LogP contribution in [0.5, 0.6) is 0 Å². The van der Waals surface area contributed by atoms with E-state index in [1.807, 2.05) is 0 Å². The lowest BCUT2D eigenvalue weighted by molar-refractivity contribution is -0.115. The maximum absolute atomic E-state index is 12.4. The molecule has 1 aromatic rings. The van der Waals surface area contributed by atoms with Crippen molar-refractivity contribution in [2.45, 2.75) is 50.5 Å². The molecule has 2 atom stereocenters. The Morgan fingerprint density at radius 2 is 1.86 bits per heavy atom. The lowest BCUT2D eigenvalue weighted by Crippen LogP contribution is -2.47. The second-order valence-electron chi connectivity index (χ2n) is 7.51. The van der Waals surface area contributed by atoms with Gasteiger partial charge in [-0.05, 0) is 43.4 Å². The van der Waals surface area contributed by atoms with Crippen molar-refractivity contribution in [1.29, 1.82) is 0 Å². The minimum absolute atomic E-state index is 0.132. The Kier molecular flexibility index (Phi) is 7.42. The molecule has 2 rings (SSSR count). The van der Waals surface area contributed by atoms with Gasteiger partial charge >= 0.3 is 6.03 Å². The number of aryl methyl sites for hydroxylation is 1. The quantitative estimate of drug-likeness (QED) is 0.667. The fourth-order valence-corrected chi connectivity index (χ4v) is 4.41. The Morgan fingerprint density at radius 1 is 1.18 bits per heavy atom. The highest BCUT2D eigenvalue weighted by molar-refractivity contribution is 7.89. The molecular weight excluding hydrogens is 380 g/mol. The summed E-state index contributed by atoms with van der Waals surface area (Å²) in [5.74, 6) is 0.00171. The molecule has 1 aliphatic carbocycles. The summed E-state index contributed by atoms with van der Waals surface area (Å²) in [6.07, 6.45) is 4.33. The van der Waals surface area contributed by atoms with E-state index < -0.39 is 15.9 Å². The highest BCUT2D eigenvalue weighted by Crippen LogP contribution is 2.24. The molecule has 0 bridgehead atoms. The zero-order valence-corrected chi connectivity index (χ0v) is 17.7. The molecule has 1 aliphatic rings. The highest BCUT2D eigenvalue weighted by atomic mass is 32.2. The number of sulfonamides is 1. The largest absolute Gasteiger partial charge is 0.335 e. The van der Waals surface area contributed by atoms with Gasteiger partial charge in [-0.3, -0.25) is 4.79 Å². The molecule has 28 heavy (non-hydrogen) atoms. The first-order valence-corrected chi connectivity index (χ1v) is 10.9. The lowest BCUT2D eigenvalue weighted by Gasteiger charge is -2.29. The predicted octanol–water partition coefficient (Wildman–Crippen LogP) is 2.06. The number of nitrogens with one attached hydrogen (secondary N) is 3. The highest BCUT2D eigenvalue weighted by Gasteiger charge is 2.23. The second-order valence-corrected chi connectivity index (χ2v) is 9.63. The molecule has 0 heterocycles. The maximum atomic E-state index is 12.4. The van der Waals surface area contributed by atoms with Crippen LogP contribution < -0.4 is 16.0 Å². The molecule has 1 saturated carbocycles. The predicted molar refractivity (Wildman–Crippen MR) is 109 cm³/mol. The van der Waals surface area contributed by atoms with Gasteiger partial charge in [0, 0.05) is 25.8 Å². The number of carbonyl (C=O) groups is 2. The molecule has 0 unspecified atom stereocenters. The fraction of sp³-hybridized carbons (Fsp3) is 0.579. The van der Waals surface area contributed by atoms with Crippen molar-refractivity contribution < 1.29 is 18.0 Å². The first-order valence-electron chi connectivity index (χ1n) is 9.48. The molecule has 0 spiro atoms. The van der Waals surface area contributed by atoms with Gasteiger partial charge in [-0.25, -0.2) is 17.5 Å². The van der Waals surface area contributed by atoms with Crippen molar-refractivity contribution in [2.24, 2.45) is 5.92 Å². The van der Waals surface area contributed by atoms with Crippen LogP contribution in [0.4, 0.5) is 10.5 Å². The molecule has 0 aromatic heterocycles. The topological polar surface area (TPSA) is 108 Å². The zero-order valence-electron chi connectivity index (χ0n) is 16.9. The number of carbonyl (C=O) groups excluding carboxylic acids is 2. The molecule has 1 fully saturated rings. The summed E-state index contributed by atoms with van der Waals surface area (Å²) in [6.45, 7) is 3.62. The number of rotatable bonds is 6. The van der Waals surface area contributed by atoms with E-state index in [0.717, 1.165) is 23.6 Å². The Bertz CT molecular complexity index is 823. The summed E-state index contributed by atoms with van der Waals surface area (Å²) in [4.78, 5) is 24.3. The first kappa shape index (κ1) is 22.2. The standard InChI is InChI=1S/C19H30N4O4S/c1-13-7-5-6-8-16(13)22-19(25)20-12-18(24)21-15-10-9-14(2)17(11-15)28(26,27)23(3)4/h9-11,13,16H,5-8,12H2,1-4H3,(H,21,24)(H2,20,22,25)/t13-,16+/m0/s1. The van der Waals surface area contributed by atoms with E-state index in [1.165, 1.54) is 26.6 Å². The van der Waals surface area contributed by atoms with Gasteiger partial charge in [-0.2, -0.15) is 0 Å². The van der Waals surface area contributed by atoms with Gasteiger partial charge in [-0.15, -0.1) is 0 Å². The van der Waals surface area contributed by atoms with E-state index in [9.17, 15) is 18.0 Å². The van der Waals surface area contributed by atoms with Crippen LogP contribution in [0.25, 0.3) is 0 Å². The zero-order chi connectivity index (χ0) is 20.9. The average Bonchev–Trinajstić information content (AvgIpc) is 2.63. The molecule has 1 aromatic carbocycles. The van der Waals surface area contributed by atoms with E-state index in [2.05, 4.69) is 22.9 Å². The Hall–Kier alpha value is -2.13. The summed E-state index contributed by atoms with van der Waals surface area (Å²) in [5, 5.41) is 8.10. The van der Waals surface area contributed by atoms with Gasteiger partial charge in [0.25, 0.3) is 0 Å². The van der Waals surface area contributed by atoms with Crippen molar-refractivity contribution in [1.82, 2.24) is 14.9 Å². The summed E-state index contributed by atoms with van der Waals surface area (Å²) in [6, 6.07) is 4.45. The van der Waals surface area contributed by atoms with Crippen molar-refractivity contribution in [3.63, 3.8) is 0 Å². The molecule has 0 saturated heterocycles. The van der Waals surface area contributed by atoms with Crippen LogP contribution in [0.1, 0.15) is 38.2 Å². The van der Waals surface area contributed by atoms with Crippen LogP contribution in [0.3, 0.4) is 0 Å². The first-order chi connectivity index (χ1) is 13.1. The summed E-state index contributed by atoms with van der Waals surface area (Å²) < 4.78 is 25.9. The molecule has 9 heteroatoms. The van der Waals surface area contributed by atoms with Gasteiger partial charge in [-0.1, -0.05) is 25.8 Å². The Labute approximate surface area is 167 Å². The number of hydrogen-bond donors (Lipinski definition) is 3. The van der Waals surface area contributed by atoms with Crippen LogP contribution in [-0.4, -0.2) is 51.3 Å². The minimum atomic E-state index is -3.61. The van der Waals surface area contributed by atoms with Gasteiger partial charge in [0.1, 0.15) is 0 Å². The number of nitrogens with zero attached hydrogens (tertiary/aromatic N) is 1. The molecule has 3 amide bonds. The van der Waals surface area contributed by atoms with E-state index in [-0.39, 0.29) is 23.5 Å². The van der Waals surface area contributed by atoms with E-state index >= 15 is 0 Å². The van der Waals surface area contributed by atoms with Crippen LogP contribution in [-0.2, 0) is 14.8 Å². The van der Waals surface area contributed by atoms with Gasteiger partial charge in [0.05, 0.1) is 11.4 Å². The molecule has 156 valence electrons. The third-order valence-electron chi connectivity index (χ3n) is 5.07. The Morgan fingerprint density at radius 3 is 2.50 bits per heavy atom. The number of amides is 3. The van der Waals surface area contributed by atoms with Crippen molar-refractivity contribution in [3.05, 3.63) is 23.8 Å². The number of hydrogen-bond acceptors (Lipinski definition) is 4. The molecule has 3 N–H and O–H groups in total. The number of urea groups is 1. The third kappa shape index (κ3) is 5.68. The van der Waals surface area contributed by atoms with Crippen molar-refractivity contribution >= 4 is 27.6 Å². The van der Waals surface area contributed by atoms with E-state index in [1.54, 1.807) is 19.1 Å². The fourth-order valence-electron chi connectivity index (χ4n) is 3.27. The molecule has 0 radical (unpaired) electrons. The van der Waals surface area contributed by atoms with Crippen LogP contribution in [0.2, 0.25) is 0 Å². The lowest BCUT2D eigenvalue weighted by atomic mass is 9.86. The Balaban J connectivity index is 1.92. The maximum Gasteiger partial charge on any atom is 0.315 e. The summed E-state index contributed by atoms with van der Waals surface area (Å²) in [7, 11) is -0.703. The van der Waals surface area contributed by atoms with E-state index in [4.69, 9.17) is 0 Å². The number of benzene rings is 1. The molecule has 8 nitrogen and oxygen atoms in total. The average molecular weight is 411 g/mol. The molecular formula is C19H30N4O4S. The van der Waals surface area contributed by atoms with Crippen LogP contribution in [0.15, 0.2) is 23.1 Å². The van der Waals surface area contributed by atoms with Crippen LogP contribution >= 0.6 is 0 Å². The smallest absolute Gasteiger partial charge is 0.315 e. The summed E-state index contributed by atoms with van der Waals surface area (Å²) >= 11 is 0. The van der Waals surface area contributed by atoms with Crippen molar-refractivity contribution in [2.75, 3.05) is 26.0 Å². The molecule has 0 aliphatic heterocycles. The number of anilines is 1. The second kappa shape index (κ2) is 9.38. The van der Waals surface area contributed by atoms with E-state index in [0.29, 0.717) is 17.2 Å². The van der Waals surface area contributed by atoms with Crippen LogP contribution in [0, 0.1) is 12.8 Å². The monoisotopic (exact) mass is 410 g/mol. The minimum Gasteiger partial charge on any atom is -0.335 e. The summed E-state index contributed by atoms with van der Waals surface area (Å²) in [5.41, 5.74) is 0.949.